The number of nitrogens with one attached hydrogen (secondary N) is 2. The van der Waals surface area contributed by atoms with Gasteiger partial charge in [0.1, 0.15) is 12.4 Å². The van der Waals surface area contributed by atoms with Gasteiger partial charge in [0.15, 0.2) is 0 Å². The van der Waals surface area contributed by atoms with E-state index in [-0.39, 0.29) is 25.6 Å². The number of rotatable bonds is 7. The summed E-state index contributed by atoms with van der Waals surface area (Å²) < 4.78 is 3.60. The Balaban J connectivity index is 1.60. The van der Waals surface area contributed by atoms with Crippen LogP contribution in [-0.4, -0.2) is 43.5 Å². The van der Waals surface area contributed by atoms with E-state index in [1.54, 1.807) is 17.1 Å². The second kappa shape index (κ2) is 7.14. The number of benzene rings is 1. The first kappa shape index (κ1) is 16.0. The average Bonchev–Trinajstić information content (AvgIpc) is 3.16. The lowest BCUT2D eigenvalue weighted by atomic mass is 10.3. The summed E-state index contributed by atoms with van der Waals surface area (Å²) in [5, 5.41) is 18.7. The summed E-state index contributed by atoms with van der Waals surface area (Å²) in [6.07, 6.45) is 3.43. The van der Waals surface area contributed by atoms with Crippen LogP contribution in [0.2, 0.25) is 0 Å². The summed E-state index contributed by atoms with van der Waals surface area (Å²) in [6, 6.07) is 7.99. The van der Waals surface area contributed by atoms with Crippen LogP contribution in [0.1, 0.15) is 5.82 Å². The van der Waals surface area contributed by atoms with E-state index in [1.165, 1.54) is 0 Å². The molecule has 8 nitrogen and oxygen atoms in total. The fraction of sp³-hybridized carbons (Fsp3) is 0.312. The Morgan fingerprint density at radius 1 is 1.33 bits per heavy atom. The molecule has 24 heavy (non-hydrogen) atoms. The highest BCUT2D eigenvalue weighted by atomic mass is 16.3. The highest BCUT2D eigenvalue weighted by Crippen LogP contribution is 2.15. The number of nitrogens with zero attached hydrogens (tertiary/aromatic N) is 4. The number of carbonyl (C=O) groups excluding carboxylic acids is 1. The molecule has 3 rings (SSSR count). The maximum Gasteiger partial charge on any atom is 0.241 e. The summed E-state index contributed by atoms with van der Waals surface area (Å²) in [5.74, 6) is 0.735. The number of para-hydroxylation sites is 2. The Kier molecular flexibility index (Phi) is 4.76. The Hall–Kier alpha value is -2.87. The molecule has 0 aliphatic heterocycles. The fourth-order valence-corrected chi connectivity index (χ4v) is 2.47. The topological polar surface area (TPSA) is 97.0 Å². The van der Waals surface area contributed by atoms with Crippen molar-refractivity contribution in [3.8, 4) is 0 Å². The maximum absolute atomic E-state index is 11.6. The number of anilines is 1. The van der Waals surface area contributed by atoms with Crippen molar-refractivity contribution >= 4 is 22.6 Å². The number of aliphatic hydroxyl groups excluding tert-OH is 1. The van der Waals surface area contributed by atoms with E-state index in [9.17, 15) is 4.79 Å². The number of amides is 1. The zero-order valence-corrected chi connectivity index (χ0v) is 13.4. The molecule has 2 heterocycles. The molecule has 2 aromatic heterocycles. The number of hydrogen-bond donors (Lipinski definition) is 3. The first-order valence-corrected chi connectivity index (χ1v) is 7.71. The first-order valence-electron chi connectivity index (χ1n) is 7.71. The van der Waals surface area contributed by atoms with Crippen LogP contribution in [-0.2, 0) is 24.9 Å². The third-order valence-corrected chi connectivity index (χ3v) is 3.70. The average molecular weight is 328 g/mol. The molecule has 0 aliphatic rings. The third-order valence-electron chi connectivity index (χ3n) is 3.70. The molecule has 0 atom stereocenters. The van der Waals surface area contributed by atoms with Gasteiger partial charge in [-0.05, 0) is 12.1 Å². The molecule has 1 aromatic carbocycles. The maximum atomic E-state index is 11.6. The molecule has 3 N–H and O–H groups in total. The molecule has 0 aliphatic carbocycles. The molecular weight excluding hydrogens is 308 g/mol. The van der Waals surface area contributed by atoms with Gasteiger partial charge >= 0.3 is 0 Å². The molecule has 0 spiro atoms. The van der Waals surface area contributed by atoms with E-state index in [2.05, 4.69) is 25.3 Å². The Labute approximate surface area is 139 Å². The van der Waals surface area contributed by atoms with Crippen LogP contribution in [0.4, 0.5) is 5.69 Å². The molecular formula is C16H20N6O2. The number of imidazole rings is 1. The van der Waals surface area contributed by atoms with Crippen molar-refractivity contribution in [3.63, 3.8) is 0 Å². The van der Waals surface area contributed by atoms with Crippen LogP contribution in [0.15, 0.2) is 36.7 Å². The standard InChI is InChI=1S/C16H20N6O2/c1-21-14-5-3-2-4-13(14)20-15(21)9-18-12-8-19-22(10-12)11-16(24)17-6-7-23/h2-5,8,10,18,23H,6-7,9,11H2,1H3,(H,17,24). The predicted octanol–water partition coefficient (Wildman–Crippen LogP) is 0.490. The molecule has 0 radical (unpaired) electrons. The lowest BCUT2D eigenvalue weighted by Gasteiger charge is -2.04. The molecule has 0 saturated carbocycles. The predicted molar refractivity (Wildman–Crippen MR) is 90.4 cm³/mol. The fourth-order valence-electron chi connectivity index (χ4n) is 2.47. The van der Waals surface area contributed by atoms with Crippen LogP contribution in [0, 0.1) is 0 Å². The summed E-state index contributed by atoms with van der Waals surface area (Å²) in [6.45, 7) is 0.856. The van der Waals surface area contributed by atoms with Crippen molar-refractivity contribution in [3.05, 3.63) is 42.5 Å². The van der Waals surface area contributed by atoms with Crippen LogP contribution in [0.3, 0.4) is 0 Å². The monoisotopic (exact) mass is 328 g/mol. The molecule has 126 valence electrons. The van der Waals surface area contributed by atoms with Crippen molar-refractivity contribution < 1.29 is 9.90 Å². The second-order valence-electron chi connectivity index (χ2n) is 5.43. The van der Waals surface area contributed by atoms with Crippen molar-refractivity contribution in [2.75, 3.05) is 18.5 Å². The van der Waals surface area contributed by atoms with Crippen LogP contribution >= 0.6 is 0 Å². The molecule has 0 bridgehead atoms. The van der Waals surface area contributed by atoms with E-state index in [4.69, 9.17) is 5.11 Å². The van der Waals surface area contributed by atoms with E-state index in [0.717, 1.165) is 22.5 Å². The van der Waals surface area contributed by atoms with Gasteiger partial charge in [0.25, 0.3) is 0 Å². The molecule has 3 aromatic rings. The number of carbonyl (C=O) groups is 1. The van der Waals surface area contributed by atoms with E-state index in [1.807, 2.05) is 31.3 Å². The number of aliphatic hydroxyl groups is 1. The number of aryl methyl sites for hydroxylation is 1. The number of hydrogen-bond acceptors (Lipinski definition) is 5. The highest BCUT2D eigenvalue weighted by Gasteiger charge is 2.08. The Bertz CT molecular complexity index is 838. The quantitative estimate of drug-likeness (QED) is 0.586. The van der Waals surface area contributed by atoms with Crippen molar-refractivity contribution in [2.45, 2.75) is 13.1 Å². The van der Waals surface area contributed by atoms with Gasteiger partial charge in [0.05, 0.1) is 36.1 Å². The van der Waals surface area contributed by atoms with E-state index >= 15 is 0 Å². The highest BCUT2D eigenvalue weighted by molar-refractivity contribution is 5.76. The third kappa shape index (κ3) is 3.54. The SMILES string of the molecule is Cn1c(CNc2cnn(CC(=O)NCCO)c2)nc2ccccc21. The summed E-state index contributed by atoms with van der Waals surface area (Å²) >= 11 is 0. The van der Waals surface area contributed by atoms with Gasteiger partial charge in [0.2, 0.25) is 5.91 Å². The largest absolute Gasteiger partial charge is 0.395 e. The minimum atomic E-state index is -0.186. The smallest absolute Gasteiger partial charge is 0.241 e. The molecule has 1 amide bonds. The van der Waals surface area contributed by atoms with Crippen molar-refractivity contribution in [1.82, 2.24) is 24.6 Å². The van der Waals surface area contributed by atoms with E-state index < -0.39 is 0 Å². The second-order valence-corrected chi connectivity index (χ2v) is 5.43. The molecule has 0 saturated heterocycles. The van der Waals surface area contributed by atoms with Gasteiger partial charge in [-0.15, -0.1) is 0 Å². The molecule has 0 unspecified atom stereocenters. The van der Waals surface area contributed by atoms with Gasteiger partial charge in [-0.2, -0.15) is 5.10 Å². The van der Waals surface area contributed by atoms with Gasteiger partial charge < -0.3 is 20.3 Å². The van der Waals surface area contributed by atoms with Crippen molar-refractivity contribution in [2.24, 2.45) is 7.05 Å². The molecule has 0 fully saturated rings. The molecule has 8 heteroatoms. The minimum absolute atomic E-state index is 0.0737. The first-order chi connectivity index (χ1) is 11.7. The van der Waals surface area contributed by atoms with Gasteiger partial charge in [-0.1, -0.05) is 12.1 Å². The van der Waals surface area contributed by atoms with Crippen LogP contribution < -0.4 is 10.6 Å². The summed E-state index contributed by atoms with van der Waals surface area (Å²) in [7, 11) is 1.99. The number of aromatic nitrogens is 4. The summed E-state index contributed by atoms with van der Waals surface area (Å²) in [4.78, 5) is 16.2. The normalized spacial score (nSPS) is 10.9. The zero-order valence-electron chi connectivity index (χ0n) is 13.4. The minimum Gasteiger partial charge on any atom is -0.395 e. The zero-order chi connectivity index (χ0) is 16.9. The van der Waals surface area contributed by atoms with E-state index in [0.29, 0.717) is 6.54 Å². The van der Waals surface area contributed by atoms with Crippen LogP contribution in [0.5, 0.6) is 0 Å². The lowest BCUT2D eigenvalue weighted by Crippen LogP contribution is -2.30. The van der Waals surface area contributed by atoms with Gasteiger partial charge in [0, 0.05) is 19.8 Å². The van der Waals surface area contributed by atoms with Crippen molar-refractivity contribution in [1.29, 1.82) is 0 Å². The number of fused-ring (bicyclic) bond motifs is 1. The summed E-state index contributed by atoms with van der Waals surface area (Å²) in [5.41, 5.74) is 2.87. The Morgan fingerprint density at radius 2 is 2.17 bits per heavy atom. The van der Waals surface area contributed by atoms with Gasteiger partial charge in [-0.25, -0.2) is 4.98 Å². The van der Waals surface area contributed by atoms with Gasteiger partial charge in [-0.3, -0.25) is 9.48 Å². The Morgan fingerprint density at radius 3 is 2.96 bits per heavy atom. The lowest BCUT2D eigenvalue weighted by molar-refractivity contribution is -0.122. The van der Waals surface area contributed by atoms with Crippen LogP contribution in [0.25, 0.3) is 11.0 Å².